The Bertz CT molecular complexity index is 1810. The van der Waals surface area contributed by atoms with Crippen LogP contribution in [0.15, 0.2) is 60.7 Å². The summed E-state index contributed by atoms with van der Waals surface area (Å²) < 4.78 is 28.5. The van der Waals surface area contributed by atoms with E-state index in [2.05, 4.69) is 47.5 Å². The van der Waals surface area contributed by atoms with E-state index in [0.717, 1.165) is 50.9 Å². The fourth-order valence-electron chi connectivity index (χ4n) is 8.09. The first-order chi connectivity index (χ1) is 25.7. The average molecular weight is 744 g/mol. The molecule has 2 aliphatic heterocycles. The third-order valence-corrected chi connectivity index (χ3v) is 11.0. The molecule has 3 aliphatic rings. The summed E-state index contributed by atoms with van der Waals surface area (Å²) in [6, 6.07) is 14.5. The van der Waals surface area contributed by atoms with Crippen LogP contribution in [0.5, 0.6) is 5.75 Å². The molecule has 3 heterocycles. The molecular formula is C42H58FN7O4. The van der Waals surface area contributed by atoms with E-state index in [1.165, 1.54) is 34.4 Å². The second kappa shape index (κ2) is 16.6. The molecule has 11 nitrogen and oxygen atoms in total. The number of nitrogens with zero attached hydrogens (tertiary/aromatic N) is 4. The molecule has 5 atom stereocenters. The van der Waals surface area contributed by atoms with Crippen LogP contribution in [-0.2, 0) is 14.9 Å². The lowest BCUT2D eigenvalue weighted by Gasteiger charge is -2.50. The predicted octanol–water partition coefficient (Wildman–Crippen LogP) is 7.15. The van der Waals surface area contributed by atoms with Crippen molar-refractivity contribution in [2.75, 3.05) is 31.6 Å². The number of hydrogen-bond donors (Lipinski definition) is 4. The topological polar surface area (TPSA) is 142 Å². The maximum absolute atomic E-state index is 14.6. The Morgan fingerprint density at radius 3 is 2.57 bits per heavy atom. The molecular weight excluding hydrogens is 686 g/mol. The number of carbonyl (C=O) groups is 1. The highest BCUT2D eigenvalue weighted by Crippen LogP contribution is 2.43. The van der Waals surface area contributed by atoms with Crippen LogP contribution in [0.4, 0.5) is 10.2 Å². The SMILES string of the molecule is CC1C(OC2CCC(CCCC(=O)Nc3cc(C(C)(C)C)nn3-c3cc(F)cc(OCCO)c3)c3ccccc32)C=CC(C)(N)N1C(=N)N1CCCCC1. The number of benzene rings is 2. The van der Waals surface area contributed by atoms with Gasteiger partial charge in [0.15, 0.2) is 5.96 Å². The first-order valence-electron chi connectivity index (χ1n) is 19.6. The molecule has 1 saturated heterocycles. The first-order valence-corrected chi connectivity index (χ1v) is 19.6. The Kier molecular flexibility index (Phi) is 12.1. The Morgan fingerprint density at radius 1 is 1.11 bits per heavy atom. The summed E-state index contributed by atoms with van der Waals surface area (Å²) in [5.41, 5.74) is 9.28. The Morgan fingerprint density at radius 2 is 1.85 bits per heavy atom. The average Bonchev–Trinajstić information content (AvgIpc) is 3.57. The van der Waals surface area contributed by atoms with E-state index in [0.29, 0.717) is 36.2 Å². The highest BCUT2D eigenvalue weighted by Gasteiger charge is 2.42. The minimum Gasteiger partial charge on any atom is -0.491 e. The van der Waals surface area contributed by atoms with E-state index in [1.54, 1.807) is 6.07 Å². The molecule has 6 rings (SSSR count). The molecule has 54 heavy (non-hydrogen) atoms. The number of likely N-dealkylation sites (tertiary alicyclic amines) is 1. The van der Waals surface area contributed by atoms with E-state index < -0.39 is 11.5 Å². The quantitative estimate of drug-likeness (QED) is 0.0923. The maximum Gasteiger partial charge on any atom is 0.225 e. The van der Waals surface area contributed by atoms with Crippen molar-refractivity contribution in [2.24, 2.45) is 5.73 Å². The molecule has 0 spiro atoms. The molecule has 5 unspecified atom stereocenters. The summed E-state index contributed by atoms with van der Waals surface area (Å²) in [5, 5.41) is 26.1. The number of guanidine groups is 1. The predicted molar refractivity (Wildman–Crippen MR) is 209 cm³/mol. The van der Waals surface area contributed by atoms with Crippen molar-refractivity contribution in [1.82, 2.24) is 19.6 Å². The zero-order chi connectivity index (χ0) is 38.6. The molecule has 3 aromatic rings. The number of halogens is 1. The minimum atomic E-state index is -0.775. The van der Waals surface area contributed by atoms with Crippen LogP contribution < -0.4 is 15.8 Å². The fraction of sp³-hybridized carbons (Fsp3) is 0.548. The van der Waals surface area contributed by atoms with Gasteiger partial charge in [0, 0.05) is 43.1 Å². The molecule has 5 N–H and O–H groups in total. The van der Waals surface area contributed by atoms with Gasteiger partial charge in [-0.25, -0.2) is 9.07 Å². The van der Waals surface area contributed by atoms with Gasteiger partial charge in [-0.3, -0.25) is 10.2 Å². The normalized spacial score (nSPS) is 24.3. The van der Waals surface area contributed by atoms with Gasteiger partial charge in [-0.15, -0.1) is 0 Å². The van der Waals surface area contributed by atoms with Gasteiger partial charge in [-0.05, 0) is 88.0 Å². The van der Waals surface area contributed by atoms with Crippen molar-refractivity contribution >= 4 is 17.7 Å². The number of aromatic nitrogens is 2. The molecule has 0 bridgehead atoms. The van der Waals surface area contributed by atoms with E-state index in [4.69, 9.17) is 25.7 Å². The molecule has 1 aromatic heterocycles. The molecule has 12 heteroatoms. The van der Waals surface area contributed by atoms with Crippen LogP contribution in [0, 0.1) is 11.2 Å². The van der Waals surface area contributed by atoms with Gasteiger partial charge in [0.05, 0.1) is 36.2 Å². The lowest BCUT2D eigenvalue weighted by atomic mass is 9.78. The van der Waals surface area contributed by atoms with Crippen molar-refractivity contribution in [3.05, 3.63) is 83.3 Å². The van der Waals surface area contributed by atoms with Crippen LogP contribution >= 0.6 is 0 Å². The number of aliphatic hydroxyl groups is 1. The van der Waals surface area contributed by atoms with Crippen molar-refractivity contribution in [3.63, 3.8) is 0 Å². The second-order valence-electron chi connectivity index (χ2n) is 16.3. The molecule has 1 aliphatic carbocycles. The van der Waals surface area contributed by atoms with Crippen molar-refractivity contribution in [3.8, 4) is 11.4 Å². The largest absolute Gasteiger partial charge is 0.491 e. The smallest absolute Gasteiger partial charge is 0.225 e. The number of ether oxygens (including phenoxy) is 2. The standard InChI is InChI=1S/C42H58FN7O4/c1-28-35(18-19-42(5,45)49(28)40(44)48-20-9-6-10-21-48)54-36-17-16-29(33-13-7-8-14-34(33)36)12-11-15-39(52)46-38-27-37(41(2,3)4)47-50(38)31-24-30(43)25-32(26-31)53-23-22-51/h7-8,13-14,18-19,24-29,35-36,44,51H,6,9-12,15-17,20-23,45H2,1-5H3,(H,46,52). The van der Waals surface area contributed by atoms with Crippen LogP contribution in [0.25, 0.3) is 5.69 Å². The lowest BCUT2D eigenvalue weighted by Crippen LogP contribution is -2.66. The minimum absolute atomic E-state index is 0.0351. The molecule has 1 fully saturated rings. The Hall–Kier alpha value is -4.26. The summed E-state index contributed by atoms with van der Waals surface area (Å²) in [7, 11) is 0. The highest BCUT2D eigenvalue weighted by molar-refractivity contribution is 5.90. The third-order valence-electron chi connectivity index (χ3n) is 11.0. The number of nitrogens with two attached hydrogens (primary N) is 1. The number of piperidine rings is 1. The Balaban J connectivity index is 1.10. The number of rotatable bonds is 11. The van der Waals surface area contributed by atoms with Crippen LogP contribution in [0.2, 0.25) is 0 Å². The lowest BCUT2D eigenvalue weighted by molar-refractivity contribution is -0.116. The van der Waals surface area contributed by atoms with E-state index in [9.17, 15) is 14.3 Å². The number of hydrogen-bond acceptors (Lipinski definition) is 7. The maximum atomic E-state index is 14.6. The first kappa shape index (κ1) is 39.4. The van der Waals surface area contributed by atoms with Crippen LogP contribution in [-0.4, -0.2) is 80.7 Å². The zero-order valence-electron chi connectivity index (χ0n) is 32.5. The van der Waals surface area contributed by atoms with E-state index in [-0.39, 0.29) is 48.5 Å². The van der Waals surface area contributed by atoms with Crippen molar-refractivity contribution in [1.29, 1.82) is 5.41 Å². The van der Waals surface area contributed by atoms with E-state index in [1.807, 2.05) is 44.7 Å². The molecule has 1 amide bonds. The van der Waals surface area contributed by atoms with Gasteiger partial charge in [0.1, 0.15) is 29.7 Å². The number of nitrogens with one attached hydrogen (secondary N) is 2. The number of anilines is 1. The van der Waals surface area contributed by atoms with Gasteiger partial charge in [-0.2, -0.15) is 5.10 Å². The van der Waals surface area contributed by atoms with Gasteiger partial charge >= 0.3 is 0 Å². The summed E-state index contributed by atoms with van der Waals surface area (Å²) in [5.74, 6) is 0.848. The molecule has 0 radical (unpaired) electrons. The number of carbonyl (C=O) groups excluding carboxylic acids is 1. The molecule has 0 saturated carbocycles. The summed E-state index contributed by atoms with van der Waals surface area (Å²) in [4.78, 5) is 17.6. The monoisotopic (exact) mass is 743 g/mol. The fourth-order valence-corrected chi connectivity index (χ4v) is 8.09. The summed E-state index contributed by atoms with van der Waals surface area (Å²) >= 11 is 0. The zero-order valence-corrected chi connectivity index (χ0v) is 32.5. The highest BCUT2D eigenvalue weighted by atomic mass is 19.1. The number of fused-ring (bicyclic) bond motifs is 1. The van der Waals surface area contributed by atoms with Crippen LogP contribution in [0.3, 0.4) is 0 Å². The second-order valence-corrected chi connectivity index (χ2v) is 16.3. The third kappa shape index (κ3) is 8.98. The van der Waals surface area contributed by atoms with Gasteiger partial charge in [-0.1, -0.05) is 51.1 Å². The molecule has 2 aromatic carbocycles. The Labute approximate surface area is 319 Å². The number of aliphatic hydroxyl groups excluding tert-OH is 1. The van der Waals surface area contributed by atoms with Crippen molar-refractivity contribution < 1.29 is 23.8 Å². The summed E-state index contributed by atoms with van der Waals surface area (Å²) in [6.07, 6.45) is 10.8. The van der Waals surface area contributed by atoms with Crippen LogP contribution in [0.1, 0.15) is 115 Å². The van der Waals surface area contributed by atoms with Crippen molar-refractivity contribution in [2.45, 2.75) is 121 Å². The van der Waals surface area contributed by atoms with Gasteiger partial charge < -0.3 is 35.4 Å². The molecule has 292 valence electrons. The number of amides is 1. The van der Waals surface area contributed by atoms with Gasteiger partial charge in [0.2, 0.25) is 5.91 Å². The van der Waals surface area contributed by atoms with Gasteiger partial charge in [0.25, 0.3) is 0 Å². The summed E-state index contributed by atoms with van der Waals surface area (Å²) in [6.45, 7) is 11.8. The van der Waals surface area contributed by atoms with E-state index >= 15 is 0 Å².